The van der Waals surface area contributed by atoms with Crippen LogP contribution >= 0.6 is 0 Å². The van der Waals surface area contributed by atoms with Crippen LogP contribution in [0.4, 0.5) is 0 Å². The second kappa shape index (κ2) is 6.73. The molecule has 0 atom stereocenters. The second-order valence-corrected chi connectivity index (χ2v) is 4.69. The summed E-state index contributed by atoms with van der Waals surface area (Å²) in [4.78, 5) is 9.49. The monoisotopic (exact) mass is 270 g/mol. The summed E-state index contributed by atoms with van der Waals surface area (Å²) >= 11 is 0. The van der Waals surface area contributed by atoms with Gasteiger partial charge in [-0.2, -0.15) is 8.42 Å². The SMILES string of the molecule is C=C(C)C(=O)O.C=Cc1ccccc1S(=O)(=O)O. The molecule has 0 aliphatic carbocycles. The molecule has 98 valence electrons. The van der Waals surface area contributed by atoms with Crippen molar-refractivity contribution < 1.29 is 22.9 Å². The first-order valence-electron chi connectivity index (χ1n) is 4.78. The normalized spacial score (nSPS) is 9.89. The molecule has 0 radical (unpaired) electrons. The number of carboxylic acid groups (broad SMARTS) is 1. The smallest absolute Gasteiger partial charge is 0.330 e. The largest absolute Gasteiger partial charge is 0.478 e. The molecule has 1 aromatic carbocycles. The van der Waals surface area contributed by atoms with Crippen LogP contribution in [0.2, 0.25) is 0 Å². The summed E-state index contributed by atoms with van der Waals surface area (Å²) in [5.74, 6) is -0.935. The van der Waals surface area contributed by atoms with Gasteiger partial charge in [0.1, 0.15) is 4.90 Å². The van der Waals surface area contributed by atoms with Crippen molar-refractivity contribution in [2.45, 2.75) is 11.8 Å². The van der Waals surface area contributed by atoms with Crippen molar-refractivity contribution in [3.8, 4) is 0 Å². The molecule has 0 aromatic heterocycles. The van der Waals surface area contributed by atoms with Crippen LogP contribution in [-0.4, -0.2) is 24.0 Å². The van der Waals surface area contributed by atoms with Crippen LogP contribution in [0.5, 0.6) is 0 Å². The third-order valence-corrected chi connectivity index (χ3v) is 2.71. The van der Waals surface area contributed by atoms with Gasteiger partial charge in [-0.15, -0.1) is 0 Å². The highest BCUT2D eigenvalue weighted by atomic mass is 32.2. The molecule has 0 saturated carbocycles. The third-order valence-electron chi connectivity index (χ3n) is 1.78. The van der Waals surface area contributed by atoms with Gasteiger partial charge in [0.05, 0.1) is 0 Å². The Hall–Kier alpha value is -1.92. The van der Waals surface area contributed by atoms with Crippen molar-refractivity contribution >= 4 is 22.2 Å². The summed E-state index contributed by atoms with van der Waals surface area (Å²) in [5.41, 5.74) is 0.579. The van der Waals surface area contributed by atoms with E-state index in [1.54, 1.807) is 12.1 Å². The Morgan fingerprint density at radius 1 is 1.33 bits per heavy atom. The molecule has 0 saturated heterocycles. The van der Waals surface area contributed by atoms with E-state index >= 15 is 0 Å². The van der Waals surface area contributed by atoms with Gasteiger partial charge in [-0.25, -0.2) is 4.79 Å². The number of hydrogen-bond acceptors (Lipinski definition) is 3. The molecule has 1 aromatic rings. The number of hydrogen-bond donors (Lipinski definition) is 2. The van der Waals surface area contributed by atoms with Gasteiger partial charge in [0.15, 0.2) is 0 Å². The lowest BCUT2D eigenvalue weighted by Gasteiger charge is -2.00. The molecule has 0 heterocycles. The van der Waals surface area contributed by atoms with Crippen molar-refractivity contribution in [1.29, 1.82) is 0 Å². The van der Waals surface area contributed by atoms with Gasteiger partial charge in [0.25, 0.3) is 10.1 Å². The molecule has 0 fully saturated rings. The van der Waals surface area contributed by atoms with Gasteiger partial charge >= 0.3 is 5.97 Å². The number of benzene rings is 1. The van der Waals surface area contributed by atoms with Crippen LogP contribution in [0.25, 0.3) is 6.08 Å². The van der Waals surface area contributed by atoms with E-state index < -0.39 is 16.1 Å². The maximum absolute atomic E-state index is 10.7. The van der Waals surface area contributed by atoms with Crippen LogP contribution in [0.3, 0.4) is 0 Å². The number of carboxylic acids is 1. The molecule has 0 bridgehead atoms. The molecule has 5 nitrogen and oxygen atoms in total. The van der Waals surface area contributed by atoms with E-state index in [4.69, 9.17) is 9.66 Å². The number of aliphatic carboxylic acids is 1. The fraction of sp³-hybridized carbons (Fsp3) is 0.0833. The third kappa shape index (κ3) is 5.42. The zero-order valence-corrected chi connectivity index (χ0v) is 10.6. The van der Waals surface area contributed by atoms with Crippen molar-refractivity contribution in [2.24, 2.45) is 0 Å². The van der Waals surface area contributed by atoms with E-state index in [9.17, 15) is 13.2 Å². The van der Waals surface area contributed by atoms with E-state index in [2.05, 4.69) is 13.2 Å². The molecular weight excluding hydrogens is 256 g/mol. The predicted molar refractivity (Wildman–Crippen MR) is 68.8 cm³/mol. The van der Waals surface area contributed by atoms with Gasteiger partial charge < -0.3 is 5.11 Å². The molecule has 18 heavy (non-hydrogen) atoms. The molecule has 1 rings (SSSR count). The maximum atomic E-state index is 10.7. The highest BCUT2D eigenvalue weighted by Crippen LogP contribution is 2.15. The Bertz CT molecular complexity index is 546. The number of carbonyl (C=O) groups is 1. The molecule has 6 heteroatoms. The minimum atomic E-state index is -4.12. The van der Waals surface area contributed by atoms with Crippen LogP contribution in [0, 0.1) is 0 Å². The Labute approximate surface area is 106 Å². The van der Waals surface area contributed by atoms with Crippen molar-refractivity contribution in [3.05, 3.63) is 48.6 Å². The molecule has 0 spiro atoms. The van der Waals surface area contributed by atoms with Crippen molar-refractivity contribution in [3.63, 3.8) is 0 Å². The minimum Gasteiger partial charge on any atom is -0.478 e. The highest BCUT2D eigenvalue weighted by Gasteiger charge is 2.11. The summed E-state index contributed by atoms with van der Waals surface area (Å²) in [6.45, 7) is 8.03. The molecule has 0 aliphatic rings. The summed E-state index contributed by atoms with van der Waals surface area (Å²) in [5, 5.41) is 7.89. The zero-order chi connectivity index (χ0) is 14.3. The standard InChI is InChI=1S/C8H8O3S.C4H6O2/c1-2-7-5-3-4-6-8(7)12(9,10)11;1-3(2)4(5)6/h2-6H,1H2,(H,9,10,11);1H2,2H3,(H,5,6). The average Bonchev–Trinajstić information content (AvgIpc) is 2.28. The lowest BCUT2D eigenvalue weighted by molar-refractivity contribution is -0.132. The van der Waals surface area contributed by atoms with Crippen molar-refractivity contribution in [1.82, 2.24) is 0 Å². The van der Waals surface area contributed by atoms with Crippen LogP contribution in [0.1, 0.15) is 12.5 Å². The Morgan fingerprint density at radius 3 is 2.06 bits per heavy atom. The summed E-state index contributed by atoms with van der Waals surface area (Å²) < 4.78 is 30.2. The van der Waals surface area contributed by atoms with Gasteiger partial charge in [0, 0.05) is 5.57 Å². The van der Waals surface area contributed by atoms with E-state index in [0.717, 1.165) is 0 Å². The summed E-state index contributed by atoms with van der Waals surface area (Å²) in [7, 11) is -4.12. The Morgan fingerprint density at radius 2 is 1.78 bits per heavy atom. The van der Waals surface area contributed by atoms with E-state index in [-0.39, 0.29) is 10.5 Å². The van der Waals surface area contributed by atoms with Gasteiger partial charge in [-0.05, 0) is 18.6 Å². The molecule has 0 unspecified atom stereocenters. The minimum absolute atomic E-state index is 0.111. The van der Waals surface area contributed by atoms with Gasteiger partial charge in [0.2, 0.25) is 0 Å². The topological polar surface area (TPSA) is 91.7 Å². The maximum Gasteiger partial charge on any atom is 0.330 e. The molecule has 0 amide bonds. The fourth-order valence-electron chi connectivity index (χ4n) is 0.884. The predicted octanol–water partition coefficient (Wildman–Crippen LogP) is 2.22. The lowest BCUT2D eigenvalue weighted by atomic mass is 10.2. The average molecular weight is 270 g/mol. The Balaban J connectivity index is 0.000000411. The first-order valence-corrected chi connectivity index (χ1v) is 6.22. The number of rotatable bonds is 3. The fourth-order valence-corrected chi connectivity index (χ4v) is 1.58. The summed E-state index contributed by atoms with van der Waals surface area (Å²) in [6, 6.07) is 6.10. The Kier molecular flexibility index (Phi) is 6.01. The highest BCUT2D eigenvalue weighted by molar-refractivity contribution is 7.85. The first-order chi connectivity index (χ1) is 8.20. The van der Waals surface area contributed by atoms with E-state index in [1.807, 2.05) is 0 Å². The quantitative estimate of drug-likeness (QED) is 0.649. The lowest BCUT2D eigenvalue weighted by Crippen LogP contribution is -1.99. The van der Waals surface area contributed by atoms with E-state index in [0.29, 0.717) is 5.56 Å². The molecule has 2 N–H and O–H groups in total. The van der Waals surface area contributed by atoms with E-state index in [1.165, 1.54) is 25.1 Å². The summed E-state index contributed by atoms with van der Waals surface area (Å²) in [6.07, 6.45) is 1.38. The first kappa shape index (κ1) is 16.1. The van der Waals surface area contributed by atoms with Crippen molar-refractivity contribution in [2.75, 3.05) is 0 Å². The molecular formula is C12H14O5S. The van der Waals surface area contributed by atoms with Gasteiger partial charge in [-0.3, -0.25) is 4.55 Å². The molecule has 0 aliphatic heterocycles. The van der Waals surface area contributed by atoms with Crippen LogP contribution in [0.15, 0.2) is 47.9 Å². The van der Waals surface area contributed by atoms with Crippen LogP contribution in [-0.2, 0) is 14.9 Å². The zero-order valence-electron chi connectivity index (χ0n) is 9.83. The van der Waals surface area contributed by atoms with Gasteiger partial charge in [-0.1, -0.05) is 37.4 Å². The second-order valence-electron chi connectivity index (χ2n) is 3.30. The van der Waals surface area contributed by atoms with Crippen LogP contribution < -0.4 is 0 Å².